The van der Waals surface area contributed by atoms with Gasteiger partial charge < -0.3 is 14.9 Å². The Morgan fingerprint density at radius 3 is 3.00 bits per heavy atom. The molecule has 1 N–H and O–H groups in total. The lowest BCUT2D eigenvalue weighted by molar-refractivity contribution is -0.194. The van der Waals surface area contributed by atoms with Gasteiger partial charge in [-0.05, 0) is 25.1 Å². The van der Waals surface area contributed by atoms with E-state index < -0.39 is 0 Å². The fraction of sp³-hybridized carbons (Fsp3) is 0.455. The third kappa shape index (κ3) is 1.63. The maximum Gasteiger partial charge on any atom is 0.175 e. The summed E-state index contributed by atoms with van der Waals surface area (Å²) in [5, 5.41) is 10.1. The smallest absolute Gasteiger partial charge is 0.175 e. The molecule has 0 atom stereocenters. The second-order valence-electron chi connectivity index (χ2n) is 4.17. The van der Waals surface area contributed by atoms with Crippen molar-refractivity contribution in [1.29, 1.82) is 0 Å². The monoisotopic (exact) mass is 243 g/mol. The number of fused-ring (bicyclic) bond motifs is 2. The van der Waals surface area contributed by atoms with Gasteiger partial charge in [0.2, 0.25) is 0 Å². The Morgan fingerprint density at radius 1 is 1.38 bits per heavy atom. The Balaban J connectivity index is 0.000000963. The highest BCUT2D eigenvalue weighted by Crippen LogP contribution is 2.40. The second kappa shape index (κ2) is 4.13. The van der Waals surface area contributed by atoms with Crippen LogP contribution in [-0.4, -0.2) is 23.6 Å². The SMILES string of the molecule is CN1CCc2cc3c(c(O)c2C1)COO3.Cl. The van der Waals surface area contributed by atoms with Gasteiger partial charge in [0.1, 0.15) is 12.4 Å². The molecule has 16 heavy (non-hydrogen) atoms. The van der Waals surface area contributed by atoms with E-state index in [1.54, 1.807) is 0 Å². The van der Waals surface area contributed by atoms with E-state index in [-0.39, 0.29) is 12.4 Å². The van der Waals surface area contributed by atoms with Crippen LogP contribution in [0, 0.1) is 0 Å². The molecule has 0 aliphatic carbocycles. The quantitative estimate of drug-likeness (QED) is 0.704. The van der Waals surface area contributed by atoms with Crippen LogP contribution in [0.1, 0.15) is 16.7 Å². The molecule has 0 spiro atoms. The lowest BCUT2D eigenvalue weighted by Gasteiger charge is -2.26. The second-order valence-corrected chi connectivity index (χ2v) is 4.17. The van der Waals surface area contributed by atoms with Crippen molar-refractivity contribution in [2.45, 2.75) is 19.6 Å². The minimum Gasteiger partial charge on any atom is -0.507 e. The molecule has 0 saturated carbocycles. The predicted molar refractivity (Wildman–Crippen MR) is 60.8 cm³/mol. The third-order valence-electron chi connectivity index (χ3n) is 3.10. The fourth-order valence-electron chi connectivity index (χ4n) is 2.21. The van der Waals surface area contributed by atoms with Crippen LogP contribution in [0.5, 0.6) is 11.5 Å². The van der Waals surface area contributed by atoms with Crippen molar-refractivity contribution in [3.8, 4) is 11.5 Å². The number of benzene rings is 1. The summed E-state index contributed by atoms with van der Waals surface area (Å²) in [5.41, 5.74) is 2.98. The van der Waals surface area contributed by atoms with Crippen LogP contribution in [0.4, 0.5) is 0 Å². The number of halogens is 1. The summed E-state index contributed by atoms with van der Waals surface area (Å²) in [6.07, 6.45) is 0.954. The molecule has 88 valence electrons. The first kappa shape index (κ1) is 11.5. The van der Waals surface area contributed by atoms with Crippen LogP contribution in [0.2, 0.25) is 0 Å². The summed E-state index contributed by atoms with van der Waals surface area (Å²) in [7, 11) is 2.06. The maximum absolute atomic E-state index is 10.1. The molecule has 2 aliphatic rings. The number of phenols is 1. The summed E-state index contributed by atoms with van der Waals surface area (Å²) in [5.74, 6) is 1.03. The predicted octanol–water partition coefficient (Wildman–Crippen LogP) is 1.63. The van der Waals surface area contributed by atoms with Gasteiger partial charge in [0.25, 0.3) is 0 Å². The molecule has 0 saturated heterocycles. The van der Waals surface area contributed by atoms with E-state index in [0.29, 0.717) is 18.1 Å². The average molecular weight is 244 g/mol. The van der Waals surface area contributed by atoms with E-state index in [9.17, 15) is 5.11 Å². The van der Waals surface area contributed by atoms with Crippen molar-refractivity contribution in [1.82, 2.24) is 4.90 Å². The van der Waals surface area contributed by atoms with Gasteiger partial charge in [-0.15, -0.1) is 12.4 Å². The van der Waals surface area contributed by atoms with Crippen molar-refractivity contribution in [3.63, 3.8) is 0 Å². The lowest BCUT2D eigenvalue weighted by Crippen LogP contribution is -2.26. The first-order valence-corrected chi connectivity index (χ1v) is 5.10. The number of likely N-dealkylation sites (N-methyl/N-ethyl adjacent to an activating group) is 1. The third-order valence-corrected chi connectivity index (χ3v) is 3.10. The first-order valence-electron chi connectivity index (χ1n) is 5.10. The first-order chi connectivity index (χ1) is 7.25. The molecule has 1 aromatic carbocycles. The van der Waals surface area contributed by atoms with E-state index in [1.165, 1.54) is 5.56 Å². The van der Waals surface area contributed by atoms with E-state index in [4.69, 9.17) is 9.78 Å². The summed E-state index contributed by atoms with van der Waals surface area (Å²) in [6.45, 7) is 2.17. The molecule has 5 heteroatoms. The zero-order valence-corrected chi connectivity index (χ0v) is 9.84. The zero-order chi connectivity index (χ0) is 10.4. The van der Waals surface area contributed by atoms with E-state index in [2.05, 4.69) is 11.9 Å². The highest BCUT2D eigenvalue weighted by molar-refractivity contribution is 5.85. The molecule has 0 bridgehead atoms. The van der Waals surface area contributed by atoms with Crippen LogP contribution in [-0.2, 0) is 24.5 Å². The number of hydrogen-bond acceptors (Lipinski definition) is 4. The summed E-state index contributed by atoms with van der Waals surface area (Å²) >= 11 is 0. The molecule has 0 unspecified atom stereocenters. The van der Waals surface area contributed by atoms with Crippen LogP contribution in [0.3, 0.4) is 0 Å². The number of phenolic OH excluding ortho intramolecular Hbond substituents is 1. The fourth-order valence-corrected chi connectivity index (χ4v) is 2.21. The minimum absolute atomic E-state index is 0. The maximum atomic E-state index is 10.1. The van der Waals surface area contributed by atoms with Crippen LogP contribution < -0.4 is 4.89 Å². The molecule has 3 rings (SSSR count). The van der Waals surface area contributed by atoms with Crippen molar-refractivity contribution >= 4 is 12.4 Å². The van der Waals surface area contributed by atoms with Crippen LogP contribution in [0.25, 0.3) is 0 Å². The highest BCUT2D eigenvalue weighted by atomic mass is 35.5. The van der Waals surface area contributed by atoms with Gasteiger partial charge in [-0.3, -0.25) is 0 Å². The average Bonchev–Trinajstić information content (AvgIpc) is 2.68. The Kier molecular flexibility index (Phi) is 2.97. The van der Waals surface area contributed by atoms with Crippen molar-refractivity contribution in [3.05, 3.63) is 22.8 Å². The van der Waals surface area contributed by atoms with Gasteiger partial charge in [0, 0.05) is 18.7 Å². The molecule has 0 fully saturated rings. The van der Waals surface area contributed by atoms with Crippen LogP contribution >= 0.6 is 12.4 Å². The van der Waals surface area contributed by atoms with Crippen molar-refractivity contribution < 1.29 is 14.9 Å². The lowest BCUT2D eigenvalue weighted by atomic mass is 9.96. The molecule has 4 nitrogen and oxygen atoms in total. The molecular formula is C11H14ClNO3. The zero-order valence-electron chi connectivity index (χ0n) is 9.02. The van der Waals surface area contributed by atoms with Gasteiger partial charge >= 0.3 is 0 Å². The van der Waals surface area contributed by atoms with E-state index >= 15 is 0 Å². The molecule has 2 aliphatic heterocycles. The molecule has 2 heterocycles. The molecular weight excluding hydrogens is 230 g/mol. The topological polar surface area (TPSA) is 41.9 Å². The van der Waals surface area contributed by atoms with Crippen molar-refractivity contribution in [2.24, 2.45) is 0 Å². The van der Waals surface area contributed by atoms with Crippen LogP contribution in [0.15, 0.2) is 6.07 Å². The van der Waals surface area contributed by atoms with Gasteiger partial charge in [0.15, 0.2) is 5.75 Å². The number of nitrogens with zero attached hydrogens (tertiary/aromatic N) is 1. The van der Waals surface area contributed by atoms with Gasteiger partial charge in [0.05, 0.1) is 5.56 Å². The normalized spacial score (nSPS) is 18.3. The molecule has 0 aromatic heterocycles. The van der Waals surface area contributed by atoms with E-state index in [0.717, 1.165) is 30.6 Å². The number of rotatable bonds is 0. The number of hydrogen-bond donors (Lipinski definition) is 1. The summed E-state index contributed by atoms with van der Waals surface area (Å²) < 4.78 is 0. The van der Waals surface area contributed by atoms with Gasteiger partial charge in [-0.1, -0.05) is 0 Å². The molecule has 0 radical (unpaired) electrons. The Bertz CT molecular complexity index is 422. The summed E-state index contributed by atoms with van der Waals surface area (Å²) in [4.78, 5) is 12.1. The minimum atomic E-state index is 0. The van der Waals surface area contributed by atoms with Gasteiger partial charge in [-0.2, -0.15) is 4.89 Å². The molecule has 0 amide bonds. The summed E-state index contributed by atoms with van der Waals surface area (Å²) in [6, 6.07) is 1.99. The van der Waals surface area contributed by atoms with Crippen molar-refractivity contribution in [2.75, 3.05) is 13.6 Å². The Morgan fingerprint density at radius 2 is 2.19 bits per heavy atom. The molecule has 1 aromatic rings. The standard InChI is InChI=1S/C11H13NO3.ClH/c1-12-3-2-7-4-10-9(6-14-15-10)11(13)8(7)5-12;/h4,13H,2-3,5-6H2,1H3;1H. The highest BCUT2D eigenvalue weighted by Gasteiger charge is 2.26. The van der Waals surface area contributed by atoms with E-state index in [1.807, 2.05) is 6.07 Å². The largest absolute Gasteiger partial charge is 0.507 e. The Hall–Kier alpha value is -0.970. The Labute approximate surface area is 100 Å². The van der Waals surface area contributed by atoms with Gasteiger partial charge in [-0.25, -0.2) is 0 Å². The number of aromatic hydroxyl groups is 1.